The molecule has 0 aliphatic rings. The number of benzene rings is 2. The average Bonchev–Trinajstić information content (AvgIpc) is 3.04. The van der Waals surface area contributed by atoms with Crippen LogP contribution in [0.25, 0.3) is 11.3 Å². The smallest absolute Gasteiger partial charge is 0.241 e. The molecule has 3 aromatic rings. The predicted molar refractivity (Wildman–Crippen MR) is 100 cm³/mol. The number of aromatic nitrogens is 1. The number of rotatable bonds is 6. The van der Waals surface area contributed by atoms with Crippen LogP contribution in [-0.4, -0.2) is 25.1 Å². The molecular weight excluding hydrogens is 356 g/mol. The fraction of sp³-hybridized carbons (Fsp3) is 0.111. The fourth-order valence-electron chi connectivity index (χ4n) is 2.31. The number of hydrogen-bond donors (Lipinski definition) is 1. The second-order valence-corrected chi connectivity index (χ2v) is 8.39. The lowest BCUT2D eigenvalue weighted by Crippen LogP contribution is -2.23. The van der Waals surface area contributed by atoms with Crippen molar-refractivity contribution in [3.63, 3.8) is 0 Å². The van der Waals surface area contributed by atoms with Gasteiger partial charge in [-0.05, 0) is 5.56 Å². The Bertz CT molecular complexity index is 952. The van der Waals surface area contributed by atoms with Gasteiger partial charge in [0.25, 0.3) is 0 Å². The Balaban J connectivity index is 1.62. The van der Waals surface area contributed by atoms with Crippen molar-refractivity contribution in [1.82, 2.24) is 4.98 Å². The van der Waals surface area contributed by atoms with Gasteiger partial charge in [-0.25, -0.2) is 13.4 Å². The summed E-state index contributed by atoms with van der Waals surface area (Å²) < 4.78 is 24.3. The lowest BCUT2D eigenvalue weighted by Gasteiger charge is -2.04. The molecule has 0 radical (unpaired) electrons. The Kier molecular flexibility index (Phi) is 5.25. The SMILES string of the molecule is O=C(CS(=O)(=O)Cc1ccccc1)Nc1nc(-c2ccccc2)cs1. The first-order valence-corrected chi connectivity index (χ1v) is 10.3. The van der Waals surface area contributed by atoms with Gasteiger partial charge in [0.15, 0.2) is 15.0 Å². The first-order chi connectivity index (χ1) is 12.0. The first-order valence-electron chi connectivity index (χ1n) is 7.57. The number of amides is 1. The zero-order chi connectivity index (χ0) is 17.7. The van der Waals surface area contributed by atoms with E-state index in [1.165, 1.54) is 11.3 Å². The van der Waals surface area contributed by atoms with E-state index in [1.807, 2.05) is 41.8 Å². The number of nitrogens with one attached hydrogen (secondary N) is 1. The van der Waals surface area contributed by atoms with Crippen LogP contribution in [-0.2, 0) is 20.4 Å². The van der Waals surface area contributed by atoms with Crippen LogP contribution in [0, 0.1) is 0 Å². The molecule has 1 amide bonds. The normalized spacial score (nSPS) is 11.2. The van der Waals surface area contributed by atoms with Gasteiger partial charge in [0.05, 0.1) is 11.4 Å². The molecule has 1 heterocycles. The zero-order valence-corrected chi connectivity index (χ0v) is 14.9. The van der Waals surface area contributed by atoms with Crippen LogP contribution in [0.15, 0.2) is 66.0 Å². The van der Waals surface area contributed by atoms with Crippen molar-refractivity contribution >= 4 is 32.2 Å². The quantitative estimate of drug-likeness (QED) is 0.720. The maximum absolute atomic E-state index is 12.1. The molecule has 0 unspecified atom stereocenters. The largest absolute Gasteiger partial charge is 0.301 e. The lowest BCUT2D eigenvalue weighted by atomic mass is 10.2. The van der Waals surface area contributed by atoms with E-state index in [2.05, 4.69) is 10.3 Å². The fourth-order valence-corrected chi connectivity index (χ4v) is 4.32. The van der Waals surface area contributed by atoms with E-state index >= 15 is 0 Å². The second-order valence-electron chi connectivity index (χ2n) is 5.47. The second kappa shape index (κ2) is 7.58. The van der Waals surface area contributed by atoms with Gasteiger partial charge in [-0.2, -0.15) is 0 Å². The summed E-state index contributed by atoms with van der Waals surface area (Å²) >= 11 is 1.26. The molecule has 1 aromatic heterocycles. The van der Waals surface area contributed by atoms with E-state index in [0.717, 1.165) is 11.3 Å². The van der Waals surface area contributed by atoms with Crippen LogP contribution in [0.4, 0.5) is 5.13 Å². The molecule has 0 saturated heterocycles. The van der Waals surface area contributed by atoms with Gasteiger partial charge in [0.1, 0.15) is 5.75 Å². The Labute approximate surface area is 150 Å². The molecule has 0 aliphatic carbocycles. The van der Waals surface area contributed by atoms with Gasteiger partial charge in [-0.3, -0.25) is 4.79 Å². The summed E-state index contributed by atoms with van der Waals surface area (Å²) in [5.41, 5.74) is 2.35. The van der Waals surface area contributed by atoms with Crippen molar-refractivity contribution in [2.24, 2.45) is 0 Å². The number of sulfone groups is 1. The maximum Gasteiger partial charge on any atom is 0.241 e. The minimum atomic E-state index is -3.53. The van der Waals surface area contributed by atoms with Crippen molar-refractivity contribution in [3.8, 4) is 11.3 Å². The number of thiazole rings is 1. The molecule has 1 N–H and O–H groups in total. The van der Waals surface area contributed by atoms with Crippen LogP contribution in [0.3, 0.4) is 0 Å². The molecule has 2 aromatic carbocycles. The van der Waals surface area contributed by atoms with E-state index in [0.29, 0.717) is 10.7 Å². The third-order valence-corrected chi connectivity index (χ3v) is 5.63. The number of anilines is 1. The number of carbonyl (C=O) groups is 1. The molecule has 25 heavy (non-hydrogen) atoms. The third-order valence-electron chi connectivity index (χ3n) is 3.40. The summed E-state index contributed by atoms with van der Waals surface area (Å²) in [5.74, 6) is -1.30. The first kappa shape index (κ1) is 17.3. The molecule has 7 heteroatoms. The van der Waals surface area contributed by atoms with Crippen LogP contribution in [0.1, 0.15) is 5.56 Å². The summed E-state index contributed by atoms with van der Waals surface area (Å²) in [6, 6.07) is 18.4. The minimum Gasteiger partial charge on any atom is -0.301 e. The minimum absolute atomic E-state index is 0.158. The summed E-state index contributed by atoms with van der Waals surface area (Å²) in [4.78, 5) is 16.4. The van der Waals surface area contributed by atoms with Gasteiger partial charge < -0.3 is 5.32 Å². The van der Waals surface area contributed by atoms with Crippen LogP contribution >= 0.6 is 11.3 Å². The van der Waals surface area contributed by atoms with Crippen molar-refractivity contribution in [3.05, 3.63) is 71.6 Å². The van der Waals surface area contributed by atoms with Crippen molar-refractivity contribution in [1.29, 1.82) is 0 Å². The maximum atomic E-state index is 12.1. The average molecular weight is 372 g/mol. The van der Waals surface area contributed by atoms with Gasteiger partial charge in [0, 0.05) is 10.9 Å². The number of carbonyl (C=O) groups excluding carboxylic acids is 1. The molecule has 0 atom stereocenters. The van der Waals surface area contributed by atoms with E-state index in [9.17, 15) is 13.2 Å². The third kappa shape index (κ3) is 4.98. The van der Waals surface area contributed by atoms with E-state index in [4.69, 9.17) is 0 Å². The van der Waals surface area contributed by atoms with Crippen LogP contribution in [0.5, 0.6) is 0 Å². The topological polar surface area (TPSA) is 76.1 Å². The molecule has 0 saturated carbocycles. The van der Waals surface area contributed by atoms with E-state index < -0.39 is 21.5 Å². The highest BCUT2D eigenvalue weighted by Crippen LogP contribution is 2.24. The highest BCUT2D eigenvalue weighted by atomic mass is 32.2. The summed E-state index contributed by atoms with van der Waals surface area (Å²) in [7, 11) is -3.53. The molecule has 3 rings (SSSR count). The lowest BCUT2D eigenvalue weighted by molar-refractivity contribution is -0.113. The monoisotopic (exact) mass is 372 g/mol. The Morgan fingerprint density at radius 1 is 1.00 bits per heavy atom. The van der Waals surface area contributed by atoms with E-state index in [1.54, 1.807) is 24.3 Å². The zero-order valence-electron chi connectivity index (χ0n) is 13.3. The molecular formula is C18H16N2O3S2. The summed E-state index contributed by atoms with van der Waals surface area (Å²) in [6.45, 7) is 0. The standard InChI is InChI=1S/C18H16N2O3S2/c21-17(13-25(22,23)12-14-7-3-1-4-8-14)20-18-19-16(11-24-18)15-9-5-2-6-10-15/h1-11H,12-13H2,(H,19,20,21). The molecule has 0 spiro atoms. The summed E-state index contributed by atoms with van der Waals surface area (Å²) in [6.07, 6.45) is 0. The molecule has 128 valence electrons. The summed E-state index contributed by atoms with van der Waals surface area (Å²) in [5, 5.41) is 4.77. The number of nitrogens with zero attached hydrogens (tertiary/aromatic N) is 1. The van der Waals surface area contributed by atoms with Gasteiger partial charge >= 0.3 is 0 Å². The van der Waals surface area contributed by atoms with Crippen molar-refractivity contribution in [2.45, 2.75) is 5.75 Å². The highest BCUT2D eigenvalue weighted by molar-refractivity contribution is 7.91. The molecule has 0 fully saturated rings. The molecule has 5 nitrogen and oxygen atoms in total. The van der Waals surface area contributed by atoms with Crippen LogP contribution in [0.2, 0.25) is 0 Å². The number of hydrogen-bond acceptors (Lipinski definition) is 5. The van der Waals surface area contributed by atoms with Crippen molar-refractivity contribution in [2.75, 3.05) is 11.1 Å². The van der Waals surface area contributed by atoms with Crippen molar-refractivity contribution < 1.29 is 13.2 Å². The molecule has 0 bridgehead atoms. The highest BCUT2D eigenvalue weighted by Gasteiger charge is 2.18. The van der Waals surface area contributed by atoms with Crippen LogP contribution < -0.4 is 5.32 Å². The Hall–Kier alpha value is -2.51. The van der Waals surface area contributed by atoms with Gasteiger partial charge in [0.2, 0.25) is 5.91 Å². The molecule has 0 aliphatic heterocycles. The van der Waals surface area contributed by atoms with Gasteiger partial charge in [-0.15, -0.1) is 11.3 Å². The Morgan fingerprint density at radius 2 is 1.64 bits per heavy atom. The van der Waals surface area contributed by atoms with Gasteiger partial charge in [-0.1, -0.05) is 60.7 Å². The predicted octanol–water partition coefficient (Wildman–Crippen LogP) is 3.36. The van der Waals surface area contributed by atoms with E-state index in [-0.39, 0.29) is 5.75 Å². The Morgan fingerprint density at radius 3 is 2.32 bits per heavy atom.